The summed E-state index contributed by atoms with van der Waals surface area (Å²) in [5, 5.41) is 2.83. The monoisotopic (exact) mass is 364 g/mol. The van der Waals surface area contributed by atoms with Crippen molar-refractivity contribution in [3.05, 3.63) is 53.2 Å². The number of amides is 3. The van der Waals surface area contributed by atoms with Gasteiger partial charge in [-0.3, -0.25) is 19.3 Å². The minimum Gasteiger partial charge on any atom is -0.356 e. The molecule has 4 rings (SSSR count). The van der Waals surface area contributed by atoms with Crippen LogP contribution in [0.25, 0.3) is 0 Å². The number of fused-ring (bicyclic) bond motifs is 1. The Hall–Kier alpha value is -3.22. The molecule has 1 N–H and O–H groups in total. The van der Waals surface area contributed by atoms with E-state index in [0.717, 1.165) is 30.8 Å². The Balaban J connectivity index is 1.59. The van der Waals surface area contributed by atoms with E-state index in [0.29, 0.717) is 28.2 Å². The van der Waals surface area contributed by atoms with Crippen LogP contribution in [0, 0.1) is 0 Å². The van der Waals surface area contributed by atoms with E-state index in [1.54, 1.807) is 36.5 Å². The summed E-state index contributed by atoms with van der Waals surface area (Å²) >= 11 is 0. The molecule has 1 aromatic heterocycles. The number of pyridine rings is 1. The van der Waals surface area contributed by atoms with Gasteiger partial charge in [0.1, 0.15) is 5.82 Å². The van der Waals surface area contributed by atoms with Crippen LogP contribution in [0.5, 0.6) is 0 Å². The van der Waals surface area contributed by atoms with Gasteiger partial charge in [-0.25, -0.2) is 4.98 Å². The molecule has 3 amide bonds. The first-order chi connectivity index (χ1) is 13.1. The Morgan fingerprint density at radius 3 is 2.56 bits per heavy atom. The summed E-state index contributed by atoms with van der Waals surface area (Å²) in [4.78, 5) is 44.6. The Bertz CT molecular complexity index is 935. The highest BCUT2D eigenvalue weighted by molar-refractivity contribution is 6.21. The van der Waals surface area contributed by atoms with Crippen LogP contribution in [0.15, 0.2) is 36.5 Å². The van der Waals surface area contributed by atoms with Crippen molar-refractivity contribution in [1.29, 1.82) is 0 Å². The van der Waals surface area contributed by atoms with Gasteiger partial charge in [-0.05, 0) is 49.6 Å². The topological polar surface area (TPSA) is 82.6 Å². The second-order valence-electron chi connectivity index (χ2n) is 6.81. The zero-order chi connectivity index (χ0) is 19.0. The largest absolute Gasteiger partial charge is 0.356 e. The van der Waals surface area contributed by atoms with Gasteiger partial charge in [0.05, 0.1) is 16.7 Å². The predicted molar refractivity (Wildman–Crippen MR) is 101 cm³/mol. The smallest absolute Gasteiger partial charge is 0.261 e. The molecule has 2 aromatic rings. The zero-order valence-corrected chi connectivity index (χ0v) is 15.1. The lowest BCUT2D eigenvalue weighted by molar-refractivity contribution is 0.0692. The Morgan fingerprint density at radius 1 is 1.04 bits per heavy atom. The summed E-state index contributed by atoms with van der Waals surface area (Å²) in [5.74, 6) is -0.287. The lowest BCUT2D eigenvalue weighted by atomic mass is 10.1. The van der Waals surface area contributed by atoms with Crippen molar-refractivity contribution in [2.75, 3.05) is 30.4 Å². The molecule has 0 radical (unpaired) electrons. The number of piperidine rings is 1. The van der Waals surface area contributed by atoms with Gasteiger partial charge in [-0.15, -0.1) is 0 Å². The van der Waals surface area contributed by atoms with E-state index in [-0.39, 0.29) is 17.7 Å². The number of hydrogen-bond acceptors (Lipinski definition) is 5. The van der Waals surface area contributed by atoms with E-state index < -0.39 is 0 Å². The normalized spacial score (nSPS) is 16.5. The van der Waals surface area contributed by atoms with Crippen molar-refractivity contribution in [3.8, 4) is 0 Å². The fraction of sp³-hybridized carbons (Fsp3) is 0.300. The van der Waals surface area contributed by atoms with Crippen molar-refractivity contribution in [2.24, 2.45) is 0 Å². The van der Waals surface area contributed by atoms with Crippen LogP contribution in [0.2, 0.25) is 0 Å². The minimum absolute atomic E-state index is 0.284. The molecule has 7 nitrogen and oxygen atoms in total. The Morgan fingerprint density at radius 2 is 1.78 bits per heavy atom. The zero-order valence-electron chi connectivity index (χ0n) is 15.1. The highest BCUT2D eigenvalue weighted by atomic mass is 16.2. The van der Waals surface area contributed by atoms with Crippen LogP contribution in [-0.4, -0.2) is 47.7 Å². The molecular formula is C20H20N4O3. The van der Waals surface area contributed by atoms with E-state index >= 15 is 0 Å². The first kappa shape index (κ1) is 17.2. The number of hydrogen-bond donors (Lipinski definition) is 1. The average Bonchev–Trinajstić information content (AvgIpc) is 2.92. The molecule has 2 aliphatic rings. The number of rotatable bonds is 3. The fourth-order valence-corrected chi connectivity index (χ4v) is 3.57. The van der Waals surface area contributed by atoms with E-state index in [9.17, 15) is 14.4 Å². The number of aromatic nitrogens is 1. The first-order valence-electron chi connectivity index (χ1n) is 9.04. The van der Waals surface area contributed by atoms with Crippen molar-refractivity contribution in [3.63, 3.8) is 0 Å². The summed E-state index contributed by atoms with van der Waals surface area (Å²) in [6.45, 7) is 1.78. The van der Waals surface area contributed by atoms with Crippen LogP contribution >= 0.6 is 0 Å². The number of anilines is 2. The summed E-state index contributed by atoms with van der Waals surface area (Å²) in [6.07, 6.45) is 5.07. The third kappa shape index (κ3) is 3.05. The van der Waals surface area contributed by atoms with Gasteiger partial charge in [-0.1, -0.05) is 0 Å². The van der Waals surface area contributed by atoms with Gasteiger partial charge in [0.25, 0.3) is 17.7 Å². The molecule has 0 aliphatic carbocycles. The molecule has 0 bridgehead atoms. The SMILES string of the molecule is CN1C(=O)c2ccc(NC(=O)c3cccnc3N3CCCCC3)cc2C1=O. The third-order valence-electron chi connectivity index (χ3n) is 5.03. The summed E-state index contributed by atoms with van der Waals surface area (Å²) in [5.41, 5.74) is 1.64. The minimum atomic E-state index is -0.360. The number of nitrogens with zero attached hydrogens (tertiary/aromatic N) is 3. The second kappa shape index (κ2) is 6.83. The number of carbonyl (C=O) groups is 3. The van der Waals surface area contributed by atoms with Gasteiger partial charge < -0.3 is 10.2 Å². The fourth-order valence-electron chi connectivity index (χ4n) is 3.57. The molecule has 2 aliphatic heterocycles. The molecule has 0 spiro atoms. The van der Waals surface area contributed by atoms with E-state index in [4.69, 9.17) is 0 Å². The number of benzene rings is 1. The maximum atomic E-state index is 12.8. The summed E-state index contributed by atoms with van der Waals surface area (Å²) < 4.78 is 0. The molecule has 27 heavy (non-hydrogen) atoms. The number of nitrogens with one attached hydrogen (secondary N) is 1. The lowest BCUT2D eigenvalue weighted by Gasteiger charge is -2.29. The van der Waals surface area contributed by atoms with E-state index in [1.165, 1.54) is 13.5 Å². The van der Waals surface area contributed by atoms with Crippen LogP contribution in [0.3, 0.4) is 0 Å². The van der Waals surface area contributed by atoms with Crippen LogP contribution in [-0.2, 0) is 0 Å². The molecule has 1 saturated heterocycles. The van der Waals surface area contributed by atoms with Crippen molar-refractivity contribution < 1.29 is 14.4 Å². The molecule has 138 valence electrons. The predicted octanol–water partition coefficient (Wildman–Crippen LogP) is 2.55. The highest BCUT2D eigenvalue weighted by Crippen LogP contribution is 2.26. The highest BCUT2D eigenvalue weighted by Gasteiger charge is 2.33. The van der Waals surface area contributed by atoms with E-state index in [1.807, 2.05) is 0 Å². The maximum absolute atomic E-state index is 12.8. The van der Waals surface area contributed by atoms with Gasteiger partial charge in [0, 0.05) is 32.0 Å². The number of carbonyl (C=O) groups excluding carboxylic acids is 3. The first-order valence-corrected chi connectivity index (χ1v) is 9.04. The standard InChI is InChI=1S/C20H20N4O3/c1-23-19(26)14-8-7-13(12-16(14)20(23)27)22-18(25)15-6-5-9-21-17(15)24-10-3-2-4-11-24/h5-9,12H,2-4,10-11H2,1H3,(H,22,25). The van der Waals surface area contributed by atoms with Crippen LogP contribution < -0.4 is 10.2 Å². The van der Waals surface area contributed by atoms with E-state index in [2.05, 4.69) is 15.2 Å². The Kier molecular flexibility index (Phi) is 4.35. The van der Waals surface area contributed by atoms with Crippen molar-refractivity contribution in [2.45, 2.75) is 19.3 Å². The maximum Gasteiger partial charge on any atom is 0.261 e. The molecule has 1 aromatic carbocycles. The lowest BCUT2D eigenvalue weighted by Crippen LogP contribution is -2.32. The molecule has 0 atom stereocenters. The average molecular weight is 364 g/mol. The van der Waals surface area contributed by atoms with Gasteiger partial charge in [0.15, 0.2) is 0 Å². The van der Waals surface area contributed by atoms with Crippen LogP contribution in [0.1, 0.15) is 50.3 Å². The van der Waals surface area contributed by atoms with Crippen molar-refractivity contribution >= 4 is 29.2 Å². The molecule has 7 heteroatoms. The molecule has 1 fully saturated rings. The van der Waals surface area contributed by atoms with Crippen LogP contribution in [0.4, 0.5) is 11.5 Å². The molecular weight excluding hydrogens is 344 g/mol. The molecule has 3 heterocycles. The van der Waals surface area contributed by atoms with Crippen molar-refractivity contribution in [1.82, 2.24) is 9.88 Å². The quantitative estimate of drug-likeness (QED) is 0.847. The summed E-state index contributed by atoms with van der Waals surface area (Å²) in [7, 11) is 1.45. The van der Waals surface area contributed by atoms with Gasteiger partial charge >= 0.3 is 0 Å². The number of imide groups is 1. The molecule has 0 saturated carbocycles. The summed E-state index contributed by atoms with van der Waals surface area (Å²) in [6, 6.07) is 8.25. The second-order valence-corrected chi connectivity index (χ2v) is 6.81. The third-order valence-corrected chi connectivity index (χ3v) is 5.03. The Labute approximate surface area is 157 Å². The van der Waals surface area contributed by atoms with Gasteiger partial charge in [-0.2, -0.15) is 0 Å². The van der Waals surface area contributed by atoms with Gasteiger partial charge in [0.2, 0.25) is 0 Å². The molecule has 0 unspecified atom stereocenters.